The van der Waals surface area contributed by atoms with Gasteiger partial charge in [-0.15, -0.1) is 0 Å². The van der Waals surface area contributed by atoms with Crippen molar-refractivity contribution >= 4 is 28.1 Å². The van der Waals surface area contributed by atoms with Gasteiger partial charge < -0.3 is 29.7 Å². The molecule has 0 atom stereocenters. The van der Waals surface area contributed by atoms with Gasteiger partial charge in [-0.25, -0.2) is 4.79 Å². The third kappa shape index (κ3) is 3.17. The van der Waals surface area contributed by atoms with Gasteiger partial charge in [0.2, 0.25) is 6.79 Å². The van der Waals surface area contributed by atoms with Crippen molar-refractivity contribution in [2.45, 2.75) is 19.8 Å². The number of esters is 1. The highest BCUT2D eigenvalue weighted by Gasteiger charge is 2.32. The van der Waals surface area contributed by atoms with Gasteiger partial charge in [0.25, 0.3) is 0 Å². The maximum Gasteiger partial charge on any atom is 0.339 e. The van der Waals surface area contributed by atoms with Gasteiger partial charge >= 0.3 is 5.97 Å². The molecule has 0 fully saturated rings. The minimum atomic E-state index is -0.405. The van der Waals surface area contributed by atoms with E-state index >= 15 is 0 Å². The van der Waals surface area contributed by atoms with Crippen LogP contribution in [0.1, 0.15) is 27.0 Å². The Morgan fingerprint density at radius 1 is 0.794 bits per heavy atom. The van der Waals surface area contributed by atoms with E-state index in [1.54, 1.807) is 0 Å². The lowest BCUT2D eigenvalue weighted by Gasteiger charge is -2.20. The quantitative estimate of drug-likeness (QED) is 0.378. The molecule has 170 valence electrons. The van der Waals surface area contributed by atoms with Crippen LogP contribution in [0.25, 0.3) is 21.9 Å². The monoisotopic (exact) mass is 455 g/mol. The molecule has 7 nitrogen and oxygen atoms in total. The van der Waals surface area contributed by atoms with Crippen molar-refractivity contribution in [2.24, 2.45) is 0 Å². The Bertz CT molecular complexity index is 1450. The van der Waals surface area contributed by atoms with E-state index in [0.717, 1.165) is 33.3 Å². The molecule has 0 saturated heterocycles. The van der Waals surface area contributed by atoms with Crippen LogP contribution in [0.3, 0.4) is 0 Å². The first kappa shape index (κ1) is 20.5. The molecule has 7 heteroatoms. The Labute approximate surface area is 195 Å². The van der Waals surface area contributed by atoms with Gasteiger partial charge in [0.05, 0.1) is 24.5 Å². The summed E-state index contributed by atoms with van der Waals surface area (Å²) in [6.07, 6.45) is 0. The SMILES string of the molecule is O=C1OCc2c1c(-c1ccc3c(c1)OCO3)c1cc(CO)c(CO)cc1c2Nc1ccccc1. The maximum atomic E-state index is 13.0. The topological polar surface area (TPSA) is 97.3 Å². The number of cyclic esters (lactones) is 1. The molecule has 0 aromatic heterocycles. The number of benzene rings is 4. The van der Waals surface area contributed by atoms with Gasteiger partial charge in [-0.1, -0.05) is 24.3 Å². The first-order valence-electron chi connectivity index (χ1n) is 10.9. The molecule has 3 N–H and O–H groups in total. The Hall–Kier alpha value is -4.07. The standard InChI is InChI=1S/C27H21NO6/c29-11-16-8-19-20(9-17(16)12-30)26(28-18-4-2-1-3-5-18)21-13-32-27(31)25(21)24(19)15-6-7-22-23(10-15)34-14-33-22/h1-10,28-30H,11-14H2. The molecule has 2 aliphatic rings. The van der Waals surface area contributed by atoms with Crippen LogP contribution in [0.15, 0.2) is 60.7 Å². The summed E-state index contributed by atoms with van der Waals surface area (Å²) in [5.74, 6) is 0.845. The summed E-state index contributed by atoms with van der Waals surface area (Å²) >= 11 is 0. The molecule has 4 aromatic carbocycles. The van der Waals surface area contributed by atoms with E-state index < -0.39 is 5.97 Å². The van der Waals surface area contributed by atoms with Gasteiger partial charge in [0.1, 0.15) is 6.61 Å². The summed E-state index contributed by atoms with van der Waals surface area (Å²) < 4.78 is 16.5. The molecule has 34 heavy (non-hydrogen) atoms. The fraction of sp³-hybridized carbons (Fsp3) is 0.148. The summed E-state index contributed by atoms with van der Waals surface area (Å²) in [7, 11) is 0. The van der Waals surface area contributed by atoms with Crippen LogP contribution < -0.4 is 14.8 Å². The molecule has 0 unspecified atom stereocenters. The first-order valence-corrected chi connectivity index (χ1v) is 10.9. The van der Waals surface area contributed by atoms with Crippen molar-refractivity contribution < 1.29 is 29.2 Å². The minimum absolute atomic E-state index is 0.132. The molecule has 0 bridgehead atoms. The third-order valence-corrected chi connectivity index (χ3v) is 6.33. The highest BCUT2D eigenvalue weighted by molar-refractivity contribution is 6.16. The fourth-order valence-electron chi connectivity index (χ4n) is 4.71. The summed E-state index contributed by atoms with van der Waals surface area (Å²) in [5.41, 5.74) is 5.51. The van der Waals surface area contributed by atoms with E-state index in [9.17, 15) is 15.0 Å². The van der Waals surface area contributed by atoms with Gasteiger partial charge in [0.15, 0.2) is 11.5 Å². The minimum Gasteiger partial charge on any atom is -0.457 e. The van der Waals surface area contributed by atoms with Crippen molar-refractivity contribution in [3.05, 3.63) is 82.9 Å². The molecule has 0 aliphatic carbocycles. The number of hydrogen-bond donors (Lipinski definition) is 3. The number of anilines is 2. The van der Waals surface area contributed by atoms with Crippen LogP contribution in [0.4, 0.5) is 11.4 Å². The van der Waals surface area contributed by atoms with Crippen LogP contribution >= 0.6 is 0 Å². The summed E-state index contributed by atoms with van der Waals surface area (Å²) in [5, 5.41) is 25.0. The molecular weight excluding hydrogens is 434 g/mol. The summed E-state index contributed by atoms with van der Waals surface area (Å²) in [6, 6.07) is 18.9. The highest BCUT2D eigenvalue weighted by atomic mass is 16.7. The zero-order chi connectivity index (χ0) is 23.2. The first-order chi connectivity index (χ1) is 16.7. The molecule has 0 spiro atoms. The molecule has 4 aromatic rings. The molecule has 0 radical (unpaired) electrons. The summed E-state index contributed by atoms with van der Waals surface area (Å²) in [6.45, 7) is -0.182. The maximum absolute atomic E-state index is 13.0. The Kier molecular flexibility index (Phi) is 4.86. The molecule has 6 rings (SSSR count). The van der Waals surface area contributed by atoms with E-state index in [4.69, 9.17) is 14.2 Å². The Morgan fingerprint density at radius 3 is 2.29 bits per heavy atom. The normalized spacial score (nSPS) is 13.8. The molecule has 0 amide bonds. The number of hydrogen-bond acceptors (Lipinski definition) is 7. The molecule has 2 heterocycles. The number of carbonyl (C=O) groups is 1. The average Bonchev–Trinajstić information content (AvgIpc) is 3.50. The third-order valence-electron chi connectivity index (χ3n) is 6.33. The fourth-order valence-corrected chi connectivity index (χ4v) is 4.71. The van der Waals surface area contributed by atoms with E-state index in [2.05, 4.69) is 5.32 Å². The van der Waals surface area contributed by atoms with Crippen LogP contribution in [-0.2, 0) is 24.6 Å². The van der Waals surface area contributed by atoms with Crippen molar-refractivity contribution in [2.75, 3.05) is 12.1 Å². The predicted molar refractivity (Wildman–Crippen MR) is 126 cm³/mol. The zero-order valence-electron chi connectivity index (χ0n) is 18.1. The number of carbonyl (C=O) groups excluding carboxylic acids is 1. The second kappa shape index (κ2) is 8.06. The second-order valence-corrected chi connectivity index (χ2v) is 8.22. The molecule has 2 aliphatic heterocycles. The number of nitrogens with one attached hydrogen (secondary N) is 1. The zero-order valence-corrected chi connectivity index (χ0v) is 18.1. The highest BCUT2D eigenvalue weighted by Crippen LogP contribution is 2.47. The Balaban J connectivity index is 1.70. The van der Waals surface area contributed by atoms with E-state index in [1.165, 1.54) is 0 Å². The van der Waals surface area contributed by atoms with Gasteiger partial charge in [-0.3, -0.25) is 0 Å². The number of ether oxygens (including phenoxy) is 3. The number of para-hydroxylation sites is 1. The van der Waals surface area contributed by atoms with Crippen molar-refractivity contribution in [3.63, 3.8) is 0 Å². The lowest BCUT2D eigenvalue weighted by molar-refractivity contribution is 0.0536. The predicted octanol–water partition coefficient (Wildman–Crippen LogP) is 4.63. The van der Waals surface area contributed by atoms with Crippen LogP contribution in [-0.4, -0.2) is 23.0 Å². The number of aliphatic hydroxyl groups is 2. The van der Waals surface area contributed by atoms with E-state index in [1.807, 2.05) is 60.7 Å². The summed E-state index contributed by atoms with van der Waals surface area (Å²) in [4.78, 5) is 13.0. The number of aliphatic hydroxyl groups excluding tert-OH is 2. The average molecular weight is 455 g/mol. The number of fused-ring (bicyclic) bond motifs is 3. The smallest absolute Gasteiger partial charge is 0.339 e. The van der Waals surface area contributed by atoms with Crippen LogP contribution in [0.5, 0.6) is 11.5 Å². The van der Waals surface area contributed by atoms with Crippen molar-refractivity contribution in [3.8, 4) is 22.6 Å². The lowest BCUT2D eigenvalue weighted by Crippen LogP contribution is -2.04. The van der Waals surface area contributed by atoms with E-state index in [-0.39, 0.29) is 26.6 Å². The lowest BCUT2D eigenvalue weighted by atomic mass is 9.87. The molecule has 0 saturated carbocycles. The second-order valence-electron chi connectivity index (χ2n) is 8.22. The van der Waals surface area contributed by atoms with Crippen LogP contribution in [0, 0.1) is 0 Å². The van der Waals surface area contributed by atoms with Gasteiger partial charge in [-0.05, 0) is 58.5 Å². The van der Waals surface area contributed by atoms with Crippen molar-refractivity contribution in [1.82, 2.24) is 0 Å². The van der Waals surface area contributed by atoms with Crippen molar-refractivity contribution in [1.29, 1.82) is 0 Å². The van der Waals surface area contributed by atoms with E-state index in [0.29, 0.717) is 33.8 Å². The van der Waals surface area contributed by atoms with Gasteiger partial charge in [0, 0.05) is 22.2 Å². The van der Waals surface area contributed by atoms with Gasteiger partial charge in [-0.2, -0.15) is 0 Å². The largest absolute Gasteiger partial charge is 0.457 e. The number of rotatable bonds is 5. The van der Waals surface area contributed by atoms with Crippen LogP contribution in [0.2, 0.25) is 0 Å². The molecular formula is C27H21NO6. The Morgan fingerprint density at radius 2 is 1.53 bits per heavy atom.